The van der Waals surface area contributed by atoms with E-state index in [2.05, 4.69) is 32.6 Å². The van der Waals surface area contributed by atoms with Crippen LogP contribution in [0.4, 0.5) is 0 Å². The van der Waals surface area contributed by atoms with Crippen LogP contribution in [0.25, 0.3) is 0 Å². The molecular weight excluding hydrogens is 196 g/mol. The summed E-state index contributed by atoms with van der Waals surface area (Å²) in [7, 11) is 0. The molecule has 0 aliphatic carbocycles. The van der Waals surface area contributed by atoms with E-state index in [0.717, 1.165) is 6.54 Å². The molecule has 0 fully saturated rings. The van der Waals surface area contributed by atoms with Gasteiger partial charge in [0.05, 0.1) is 0 Å². The molecule has 16 heavy (non-hydrogen) atoms. The number of nitrogens with zero attached hydrogens (tertiary/aromatic N) is 1. The molecule has 0 heterocycles. The van der Waals surface area contributed by atoms with Gasteiger partial charge in [-0.15, -0.1) is 0 Å². The topological polar surface area (TPSA) is 29.3 Å². The molecule has 2 heteroatoms. The van der Waals surface area contributed by atoms with Crippen LogP contribution in [-0.2, 0) is 0 Å². The summed E-state index contributed by atoms with van der Waals surface area (Å²) in [4.78, 5) is 2.58. The Hall–Kier alpha value is -0.0800. The van der Waals surface area contributed by atoms with Crippen molar-refractivity contribution in [2.75, 3.05) is 13.1 Å². The average molecular weight is 228 g/mol. The van der Waals surface area contributed by atoms with E-state index in [-0.39, 0.29) is 0 Å². The zero-order valence-electron chi connectivity index (χ0n) is 11.8. The number of hydrogen-bond donors (Lipinski definition) is 1. The van der Waals surface area contributed by atoms with E-state index in [9.17, 15) is 0 Å². The van der Waals surface area contributed by atoms with Crippen molar-refractivity contribution in [3.8, 4) is 0 Å². The lowest BCUT2D eigenvalue weighted by Crippen LogP contribution is -2.45. The Bertz CT molecular complexity index is 146. The number of rotatable bonds is 10. The second-order valence-electron chi connectivity index (χ2n) is 5.07. The molecular formula is C14H32N2. The third kappa shape index (κ3) is 6.49. The molecule has 0 saturated heterocycles. The lowest BCUT2D eigenvalue weighted by molar-refractivity contribution is 0.147. The highest BCUT2D eigenvalue weighted by Gasteiger charge is 2.18. The molecule has 0 aromatic heterocycles. The maximum absolute atomic E-state index is 5.91. The van der Waals surface area contributed by atoms with Crippen LogP contribution in [0, 0.1) is 0 Å². The van der Waals surface area contributed by atoms with E-state index in [1.54, 1.807) is 0 Å². The molecule has 0 bridgehead atoms. The van der Waals surface area contributed by atoms with E-state index >= 15 is 0 Å². The minimum Gasteiger partial charge on any atom is -0.329 e. The van der Waals surface area contributed by atoms with Crippen LogP contribution >= 0.6 is 0 Å². The van der Waals surface area contributed by atoms with E-state index in [1.807, 2.05) is 0 Å². The van der Waals surface area contributed by atoms with Gasteiger partial charge < -0.3 is 5.73 Å². The summed E-state index contributed by atoms with van der Waals surface area (Å²) in [6.07, 6.45) is 7.88. The maximum Gasteiger partial charge on any atom is 0.0221 e. The summed E-state index contributed by atoms with van der Waals surface area (Å²) >= 11 is 0. The van der Waals surface area contributed by atoms with Crippen LogP contribution in [0.2, 0.25) is 0 Å². The number of hydrogen-bond acceptors (Lipinski definition) is 2. The highest BCUT2D eigenvalue weighted by molar-refractivity contribution is 4.75. The largest absolute Gasteiger partial charge is 0.329 e. The summed E-state index contributed by atoms with van der Waals surface area (Å²) in [5.41, 5.74) is 5.91. The van der Waals surface area contributed by atoms with Gasteiger partial charge in [0, 0.05) is 18.6 Å². The van der Waals surface area contributed by atoms with Gasteiger partial charge in [-0.2, -0.15) is 0 Å². The molecule has 2 N–H and O–H groups in total. The van der Waals surface area contributed by atoms with Gasteiger partial charge in [-0.05, 0) is 33.2 Å². The quantitative estimate of drug-likeness (QED) is 0.581. The normalized spacial score (nSPS) is 13.7. The Morgan fingerprint density at radius 3 is 2.12 bits per heavy atom. The van der Waals surface area contributed by atoms with Gasteiger partial charge in [0.1, 0.15) is 0 Å². The van der Waals surface area contributed by atoms with Crippen molar-refractivity contribution in [2.45, 2.75) is 78.3 Å². The monoisotopic (exact) mass is 228 g/mol. The second kappa shape index (κ2) is 10.1. The zero-order chi connectivity index (χ0) is 12.4. The SMILES string of the molecule is CCCCCCC(CN)N(CCC)C(C)C. The van der Waals surface area contributed by atoms with Crippen LogP contribution in [0.15, 0.2) is 0 Å². The smallest absolute Gasteiger partial charge is 0.0221 e. The Labute approximate surface area is 103 Å². The number of nitrogens with two attached hydrogens (primary N) is 1. The fourth-order valence-electron chi connectivity index (χ4n) is 2.35. The lowest BCUT2D eigenvalue weighted by Gasteiger charge is -2.34. The first-order valence-corrected chi connectivity index (χ1v) is 7.13. The average Bonchev–Trinajstić information content (AvgIpc) is 2.27. The van der Waals surface area contributed by atoms with Crippen LogP contribution in [0.3, 0.4) is 0 Å². The lowest BCUT2D eigenvalue weighted by atomic mass is 10.0. The standard InChI is InChI=1S/C14H32N2/c1-5-7-8-9-10-14(12-15)16(11-6-2)13(3)4/h13-14H,5-12,15H2,1-4H3. The maximum atomic E-state index is 5.91. The zero-order valence-corrected chi connectivity index (χ0v) is 11.8. The molecule has 0 aliphatic heterocycles. The van der Waals surface area contributed by atoms with Gasteiger partial charge in [-0.3, -0.25) is 4.90 Å². The Morgan fingerprint density at radius 1 is 1.00 bits per heavy atom. The molecule has 0 radical (unpaired) electrons. The molecule has 1 unspecified atom stereocenters. The fourth-order valence-corrected chi connectivity index (χ4v) is 2.35. The van der Waals surface area contributed by atoms with Crippen LogP contribution < -0.4 is 5.73 Å². The predicted molar refractivity (Wildman–Crippen MR) is 73.7 cm³/mol. The van der Waals surface area contributed by atoms with Crippen LogP contribution in [0.1, 0.15) is 66.2 Å². The number of unbranched alkanes of at least 4 members (excludes halogenated alkanes) is 3. The van der Waals surface area contributed by atoms with Crippen LogP contribution in [-0.4, -0.2) is 30.1 Å². The predicted octanol–water partition coefficient (Wildman–Crippen LogP) is 3.40. The third-order valence-electron chi connectivity index (χ3n) is 3.28. The fraction of sp³-hybridized carbons (Fsp3) is 1.00. The van der Waals surface area contributed by atoms with Crippen molar-refractivity contribution in [1.82, 2.24) is 4.90 Å². The first-order chi connectivity index (χ1) is 7.67. The molecule has 0 aromatic carbocycles. The Kier molecular flexibility index (Phi) is 10.0. The van der Waals surface area contributed by atoms with Gasteiger partial charge >= 0.3 is 0 Å². The molecule has 1 atom stereocenters. The van der Waals surface area contributed by atoms with Gasteiger partial charge in [0.2, 0.25) is 0 Å². The van der Waals surface area contributed by atoms with Gasteiger partial charge in [-0.1, -0.05) is 39.5 Å². The molecule has 0 amide bonds. The van der Waals surface area contributed by atoms with E-state index in [1.165, 1.54) is 45.1 Å². The van der Waals surface area contributed by atoms with E-state index < -0.39 is 0 Å². The van der Waals surface area contributed by atoms with Crippen molar-refractivity contribution >= 4 is 0 Å². The molecule has 98 valence electrons. The minimum absolute atomic E-state index is 0.594. The highest BCUT2D eigenvalue weighted by Crippen LogP contribution is 2.13. The van der Waals surface area contributed by atoms with Crippen molar-refractivity contribution in [1.29, 1.82) is 0 Å². The van der Waals surface area contributed by atoms with Gasteiger partial charge in [0.15, 0.2) is 0 Å². The molecule has 0 aromatic rings. The minimum atomic E-state index is 0.594. The van der Waals surface area contributed by atoms with Crippen LogP contribution in [0.5, 0.6) is 0 Å². The molecule has 2 nitrogen and oxygen atoms in total. The molecule has 0 rings (SSSR count). The van der Waals surface area contributed by atoms with Crippen molar-refractivity contribution in [2.24, 2.45) is 5.73 Å². The summed E-state index contributed by atoms with van der Waals surface area (Å²) < 4.78 is 0. The van der Waals surface area contributed by atoms with Gasteiger partial charge in [-0.25, -0.2) is 0 Å². The van der Waals surface area contributed by atoms with Crippen molar-refractivity contribution in [3.05, 3.63) is 0 Å². The first-order valence-electron chi connectivity index (χ1n) is 7.13. The van der Waals surface area contributed by atoms with Crippen molar-refractivity contribution < 1.29 is 0 Å². The Morgan fingerprint density at radius 2 is 1.69 bits per heavy atom. The van der Waals surface area contributed by atoms with Crippen molar-refractivity contribution in [3.63, 3.8) is 0 Å². The second-order valence-corrected chi connectivity index (χ2v) is 5.07. The summed E-state index contributed by atoms with van der Waals surface area (Å²) in [5, 5.41) is 0. The summed E-state index contributed by atoms with van der Waals surface area (Å²) in [6, 6.07) is 1.22. The highest BCUT2D eigenvalue weighted by atomic mass is 15.2. The molecule has 0 saturated carbocycles. The van der Waals surface area contributed by atoms with Gasteiger partial charge in [0.25, 0.3) is 0 Å². The first kappa shape index (κ1) is 15.9. The Balaban J connectivity index is 3.99. The molecule has 0 aliphatic rings. The van der Waals surface area contributed by atoms with E-state index in [4.69, 9.17) is 5.73 Å². The molecule has 0 spiro atoms. The third-order valence-corrected chi connectivity index (χ3v) is 3.28. The summed E-state index contributed by atoms with van der Waals surface area (Å²) in [5.74, 6) is 0. The summed E-state index contributed by atoms with van der Waals surface area (Å²) in [6.45, 7) is 11.1. The van der Waals surface area contributed by atoms with E-state index in [0.29, 0.717) is 12.1 Å².